The Bertz CT molecular complexity index is 1030. The van der Waals surface area contributed by atoms with Crippen LogP contribution in [0.5, 0.6) is 17.2 Å². The fourth-order valence-corrected chi connectivity index (χ4v) is 3.44. The van der Waals surface area contributed by atoms with Crippen LogP contribution in [-0.2, 0) is 20.9 Å². The third-order valence-corrected chi connectivity index (χ3v) is 4.96. The number of esters is 1. The first-order chi connectivity index (χ1) is 14.9. The topological polar surface area (TPSA) is 87.2 Å². The number of allylic oxidation sites excluding steroid dienone is 1. The lowest BCUT2D eigenvalue weighted by molar-refractivity contribution is -0.136. The molecule has 3 rings (SSSR count). The van der Waals surface area contributed by atoms with Gasteiger partial charge in [0.05, 0.1) is 46.1 Å². The van der Waals surface area contributed by atoms with Crippen molar-refractivity contribution in [3.63, 3.8) is 0 Å². The van der Waals surface area contributed by atoms with Gasteiger partial charge in [-0.15, -0.1) is 0 Å². The van der Waals surface area contributed by atoms with E-state index < -0.39 is 5.97 Å². The highest BCUT2D eigenvalue weighted by Crippen LogP contribution is 2.40. The molecule has 0 bridgehead atoms. The number of amides is 1. The molecule has 0 spiro atoms. The molecular formula is C23H24N2O6. The second-order valence-corrected chi connectivity index (χ2v) is 6.72. The zero-order valence-electron chi connectivity index (χ0n) is 18.1. The maximum Gasteiger partial charge on any atom is 0.340 e. The maximum absolute atomic E-state index is 13.3. The van der Waals surface area contributed by atoms with Crippen LogP contribution in [0.25, 0.3) is 6.08 Å². The molecule has 31 heavy (non-hydrogen) atoms. The van der Waals surface area contributed by atoms with Crippen molar-refractivity contribution in [2.45, 2.75) is 13.5 Å². The Labute approximate surface area is 180 Å². The smallest absolute Gasteiger partial charge is 0.340 e. The largest absolute Gasteiger partial charge is 0.493 e. The molecule has 0 aliphatic carbocycles. The molecule has 1 aromatic heterocycles. The molecule has 0 radical (unpaired) electrons. The van der Waals surface area contributed by atoms with Crippen LogP contribution in [-0.4, -0.2) is 50.2 Å². The highest BCUT2D eigenvalue weighted by molar-refractivity contribution is 6.16. The molecule has 1 aromatic carbocycles. The lowest BCUT2D eigenvalue weighted by Gasteiger charge is -2.17. The van der Waals surface area contributed by atoms with E-state index in [1.54, 1.807) is 43.6 Å². The van der Waals surface area contributed by atoms with Crippen LogP contribution in [0.2, 0.25) is 0 Å². The van der Waals surface area contributed by atoms with Crippen LogP contribution in [0.4, 0.5) is 0 Å². The number of hydrogen-bond donors (Lipinski definition) is 0. The molecule has 8 nitrogen and oxygen atoms in total. The van der Waals surface area contributed by atoms with Gasteiger partial charge in [0.25, 0.3) is 5.91 Å². The van der Waals surface area contributed by atoms with Crippen molar-refractivity contribution in [3.05, 3.63) is 64.6 Å². The fraction of sp³-hybridized carbons (Fsp3) is 0.261. The Balaban J connectivity index is 2.09. The molecule has 0 N–H and O–H groups in total. The summed E-state index contributed by atoms with van der Waals surface area (Å²) in [5.41, 5.74) is 2.40. The summed E-state index contributed by atoms with van der Waals surface area (Å²) in [5.74, 6) is 0.412. The van der Waals surface area contributed by atoms with Gasteiger partial charge in [-0.2, -0.15) is 0 Å². The SMILES string of the molecule is COC(=O)C1=C(C)N(Cc2cccnc2)C(=O)/C1=C\c1cc(OC)c(OC)c(OC)c1. The first-order valence-electron chi connectivity index (χ1n) is 9.47. The molecule has 0 atom stereocenters. The average Bonchev–Trinajstić information content (AvgIpc) is 3.02. The summed E-state index contributed by atoms with van der Waals surface area (Å²) in [6.45, 7) is 2.00. The van der Waals surface area contributed by atoms with E-state index in [-0.39, 0.29) is 23.6 Å². The standard InChI is InChI=1S/C23H24N2O6/c1-14-20(23(27)31-5)17(22(26)25(14)13-15-7-6-8-24-12-15)9-16-10-18(28-2)21(30-4)19(11-16)29-3/h6-12H,13H2,1-5H3/b17-9-. The lowest BCUT2D eigenvalue weighted by Crippen LogP contribution is -2.24. The molecule has 0 saturated carbocycles. The quantitative estimate of drug-likeness (QED) is 0.499. The van der Waals surface area contributed by atoms with Crippen LogP contribution in [0.1, 0.15) is 18.1 Å². The third kappa shape index (κ3) is 4.23. The first kappa shape index (κ1) is 21.9. The van der Waals surface area contributed by atoms with Gasteiger partial charge in [0.2, 0.25) is 5.75 Å². The molecule has 0 saturated heterocycles. The van der Waals surface area contributed by atoms with Crippen LogP contribution in [0.3, 0.4) is 0 Å². The summed E-state index contributed by atoms with van der Waals surface area (Å²) in [7, 11) is 5.81. The highest BCUT2D eigenvalue weighted by atomic mass is 16.5. The summed E-state index contributed by atoms with van der Waals surface area (Å²) >= 11 is 0. The van der Waals surface area contributed by atoms with E-state index in [9.17, 15) is 9.59 Å². The van der Waals surface area contributed by atoms with E-state index in [2.05, 4.69) is 4.98 Å². The molecular weight excluding hydrogens is 400 g/mol. The number of benzene rings is 1. The van der Waals surface area contributed by atoms with Gasteiger partial charge in [0, 0.05) is 18.1 Å². The van der Waals surface area contributed by atoms with Gasteiger partial charge in [0.1, 0.15) is 0 Å². The Kier molecular flexibility index (Phi) is 6.59. The van der Waals surface area contributed by atoms with Crippen LogP contribution >= 0.6 is 0 Å². The number of carbonyl (C=O) groups is 2. The minimum Gasteiger partial charge on any atom is -0.493 e. The maximum atomic E-state index is 13.3. The summed E-state index contributed by atoms with van der Waals surface area (Å²) in [6, 6.07) is 7.07. The predicted octanol–water partition coefficient (Wildman–Crippen LogP) is 2.98. The zero-order valence-corrected chi connectivity index (χ0v) is 18.1. The number of methoxy groups -OCH3 is 4. The molecule has 1 aliphatic heterocycles. The van der Waals surface area contributed by atoms with Crippen LogP contribution < -0.4 is 14.2 Å². The van der Waals surface area contributed by atoms with Gasteiger partial charge < -0.3 is 23.8 Å². The van der Waals surface area contributed by atoms with E-state index in [0.717, 1.165) is 5.56 Å². The Morgan fingerprint density at radius 1 is 1.10 bits per heavy atom. The zero-order chi connectivity index (χ0) is 22.5. The van der Waals surface area contributed by atoms with Gasteiger partial charge in [-0.05, 0) is 42.3 Å². The predicted molar refractivity (Wildman–Crippen MR) is 114 cm³/mol. The molecule has 0 unspecified atom stereocenters. The number of ether oxygens (including phenoxy) is 4. The van der Waals surface area contributed by atoms with Crippen LogP contribution in [0.15, 0.2) is 53.5 Å². The van der Waals surface area contributed by atoms with Gasteiger partial charge in [-0.3, -0.25) is 9.78 Å². The molecule has 2 heterocycles. The molecule has 0 fully saturated rings. The second-order valence-electron chi connectivity index (χ2n) is 6.72. The molecule has 1 aliphatic rings. The van der Waals surface area contributed by atoms with Crippen molar-refractivity contribution in [1.82, 2.24) is 9.88 Å². The van der Waals surface area contributed by atoms with Crippen molar-refractivity contribution in [3.8, 4) is 17.2 Å². The Morgan fingerprint density at radius 2 is 1.77 bits per heavy atom. The minimum atomic E-state index is -0.585. The van der Waals surface area contributed by atoms with Gasteiger partial charge in [-0.25, -0.2) is 4.79 Å². The normalized spacial score (nSPS) is 14.8. The molecule has 2 aromatic rings. The Hall–Kier alpha value is -3.81. The van der Waals surface area contributed by atoms with Gasteiger partial charge in [0.15, 0.2) is 11.5 Å². The van der Waals surface area contributed by atoms with E-state index >= 15 is 0 Å². The summed E-state index contributed by atoms with van der Waals surface area (Å²) in [5, 5.41) is 0. The van der Waals surface area contributed by atoms with Crippen LogP contribution in [0, 0.1) is 0 Å². The summed E-state index contributed by atoms with van der Waals surface area (Å²) in [4.78, 5) is 31.4. The number of pyridine rings is 1. The van der Waals surface area contributed by atoms with Crippen molar-refractivity contribution >= 4 is 18.0 Å². The molecule has 8 heteroatoms. The third-order valence-electron chi connectivity index (χ3n) is 4.96. The highest BCUT2D eigenvalue weighted by Gasteiger charge is 2.37. The number of carbonyl (C=O) groups excluding carboxylic acids is 2. The Morgan fingerprint density at radius 3 is 2.29 bits per heavy atom. The lowest BCUT2D eigenvalue weighted by atomic mass is 10.0. The number of hydrogen-bond acceptors (Lipinski definition) is 7. The van der Waals surface area contributed by atoms with Crippen molar-refractivity contribution in [2.75, 3.05) is 28.4 Å². The van der Waals surface area contributed by atoms with Crippen molar-refractivity contribution in [2.24, 2.45) is 0 Å². The average molecular weight is 424 g/mol. The molecule has 1 amide bonds. The molecule has 162 valence electrons. The van der Waals surface area contributed by atoms with E-state index in [4.69, 9.17) is 18.9 Å². The summed E-state index contributed by atoms with van der Waals surface area (Å²) < 4.78 is 21.1. The monoisotopic (exact) mass is 424 g/mol. The van der Waals surface area contributed by atoms with Gasteiger partial charge in [-0.1, -0.05) is 6.07 Å². The first-order valence-corrected chi connectivity index (χ1v) is 9.47. The summed E-state index contributed by atoms with van der Waals surface area (Å²) in [6.07, 6.45) is 4.96. The van der Waals surface area contributed by atoms with Crippen molar-refractivity contribution in [1.29, 1.82) is 0 Å². The van der Waals surface area contributed by atoms with E-state index in [1.165, 1.54) is 33.3 Å². The van der Waals surface area contributed by atoms with E-state index in [1.807, 2.05) is 6.07 Å². The van der Waals surface area contributed by atoms with Crippen molar-refractivity contribution < 1.29 is 28.5 Å². The number of rotatable bonds is 7. The minimum absolute atomic E-state index is 0.213. The second kappa shape index (κ2) is 9.34. The van der Waals surface area contributed by atoms with Gasteiger partial charge >= 0.3 is 5.97 Å². The number of aromatic nitrogens is 1. The number of nitrogens with zero attached hydrogens (tertiary/aromatic N) is 2. The van der Waals surface area contributed by atoms with E-state index in [0.29, 0.717) is 28.5 Å². The fourth-order valence-electron chi connectivity index (χ4n) is 3.44.